The van der Waals surface area contributed by atoms with Gasteiger partial charge in [-0.25, -0.2) is 19.9 Å². The molecule has 10 nitrogen and oxygen atoms in total. The standard InChI is InChI=1S/C23H20N6O4/c1-13-25-11-16-20(23(30)29-22(16)28-13)21-15-9-18(31-2)19(10-17(15)26-12-27-21)33-8-7-32-14-3-5-24-6-4-14/h3-6,9-12,20H,7-8H2,1-2H3,(H,25,28,29,30). The van der Waals surface area contributed by atoms with E-state index in [1.807, 2.05) is 0 Å². The number of amides is 1. The molecule has 5 rings (SSSR count). The number of nitrogens with one attached hydrogen (secondary N) is 1. The summed E-state index contributed by atoms with van der Waals surface area (Å²) in [5.74, 6) is 1.97. The highest BCUT2D eigenvalue weighted by molar-refractivity contribution is 6.05. The molecule has 166 valence electrons. The van der Waals surface area contributed by atoms with Gasteiger partial charge in [-0.2, -0.15) is 0 Å². The van der Waals surface area contributed by atoms with Crippen LogP contribution in [0.15, 0.2) is 49.2 Å². The average molecular weight is 444 g/mol. The van der Waals surface area contributed by atoms with E-state index >= 15 is 0 Å². The second-order valence-corrected chi connectivity index (χ2v) is 7.30. The maximum absolute atomic E-state index is 12.8. The molecule has 1 amide bonds. The Morgan fingerprint density at radius 2 is 1.85 bits per heavy atom. The van der Waals surface area contributed by atoms with Gasteiger partial charge in [-0.1, -0.05) is 0 Å². The molecule has 0 radical (unpaired) electrons. The molecule has 0 saturated carbocycles. The number of hydrogen-bond donors (Lipinski definition) is 1. The summed E-state index contributed by atoms with van der Waals surface area (Å²) in [6.45, 7) is 2.42. The lowest BCUT2D eigenvalue weighted by Crippen LogP contribution is -2.15. The third-order valence-corrected chi connectivity index (χ3v) is 5.24. The maximum atomic E-state index is 12.8. The van der Waals surface area contributed by atoms with Gasteiger partial charge in [0.25, 0.3) is 0 Å². The van der Waals surface area contributed by atoms with Gasteiger partial charge in [0.2, 0.25) is 5.91 Å². The molecule has 1 aliphatic heterocycles. The minimum absolute atomic E-state index is 0.211. The number of carbonyl (C=O) groups is 1. The normalized spacial score (nSPS) is 14.6. The summed E-state index contributed by atoms with van der Waals surface area (Å²) in [5.41, 5.74) is 1.85. The molecule has 4 aromatic rings. The van der Waals surface area contributed by atoms with E-state index in [0.29, 0.717) is 64.3 Å². The van der Waals surface area contributed by atoms with E-state index in [-0.39, 0.29) is 5.91 Å². The Morgan fingerprint density at radius 3 is 2.67 bits per heavy atom. The van der Waals surface area contributed by atoms with E-state index in [1.54, 1.807) is 56.9 Å². The number of rotatable bonds is 7. The van der Waals surface area contributed by atoms with E-state index in [4.69, 9.17) is 14.2 Å². The molecule has 10 heteroatoms. The number of fused-ring (bicyclic) bond motifs is 2. The smallest absolute Gasteiger partial charge is 0.239 e. The SMILES string of the molecule is COc1cc2c(C3C(=O)Nc4nc(C)ncc43)ncnc2cc1OCCOc1ccncc1. The average Bonchev–Trinajstić information content (AvgIpc) is 3.16. The molecule has 0 aliphatic carbocycles. The number of anilines is 1. The quantitative estimate of drug-likeness (QED) is 0.429. The Kier molecular flexibility index (Phi) is 5.39. The van der Waals surface area contributed by atoms with Gasteiger partial charge in [0, 0.05) is 35.6 Å². The molecule has 1 N–H and O–H groups in total. The first kappa shape index (κ1) is 20.6. The first-order valence-electron chi connectivity index (χ1n) is 10.3. The summed E-state index contributed by atoms with van der Waals surface area (Å²) in [5, 5.41) is 3.50. The number of aromatic nitrogens is 5. The van der Waals surface area contributed by atoms with Crippen molar-refractivity contribution in [2.45, 2.75) is 12.8 Å². The Bertz CT molecular complexity index is 1330. The highest BCUT2D eigenvalue weighted by Gasteiger charge is 2.36. The molecule has 0 saturated heterocycles. The predicted octanol–water partition coefficient (Wildman–Crippen LogP) is 2.67. The molecule has 33 heavy (non-hydrogen) atoms. The lowest BCUT2D eigenvalue weighted by Gasteiger charge is -2.15. The fraction of sp³-hybridized carbons (Fsp3) is 0.217. The minimum Gasteiger partial charge on any atom is -0.493 e. The summed E-state index contributed by atoms with van der Waals surface area (Å²) in [6, 6.07) is 7.10. The Labute approximate surface area is 189 Å². The largest absolute Gasteiger partial charge is 0.493 e. The zero-order valence-corrected chi connectivity index (χ0v) is 18.0. The Morgan fingerprint density at radius 1 is 1.03 bits per heavy atom. The molecule has 1 atom stereocenters. The summed E-state index contributed by atoms with van der Waals surface area (Å²) in [6.07, 6.45) is 6.42. The molecule has 4 heterocycles. The van der Waals surface area contributed by atoms with Crippen molar-refractivity contribution in [3.05, 3.63) is 66.3 Å². The number of hydrogen-bond acceptors (Lipinski definition) is 9. The van der Waals surface area contributed by atoms with Crippen LogP contribution < -0.4 is 19.5 Å². The highest BCUT2D eigenvalue weighted by Crippen LogP contribution is 2.40. The number of methoxy groups -OCH3 is 1. The fourth-order valence-corrected chi connectivity index (χ4v) is 3.72. The molecule has 1 aliphatic rings. The molecule has 0 fully saturated rings. The van der Waals surface area contributed by atoms with Gasteiger partial charge in [0.1, 0.15) is 42.9 Å². The van der Waals surface area contributed by atoms with Crippen LogP contribution in [0.5, 0.6) is 17.2 Å². The van der Waals surface area contributed by atoms with Crippen LogP contribution in [0.1, 0.15) is 23.0 Å². The summed E-state index contributed by atoms with van der Waals surface area (Å²) in [4.78, 5) is 34.1. The van der Waals surface area contributed by atoms with Crippen LogP contribution in [0.25, 0.3) is 10.9 Å². The van der Waals surface area contributed by atoms with Crippen molar-refractivity contribution in [2.75, 3.05) is 25.6 Å². The first-order chi connectivity index (χ1) is 16.1. The Balaban J connectivity index is 1.43. The minimum atomic E-state index is -0.642. The zero-order valence-electron chi connectivity index (χ0n) is 18.0. The summed E-state index contributed by atoms with van der Waals surface area (Å²) in [7, 11) is 1.55. The van der Waals surface area contributed by atoms with Crippen molar-refractivity contribution in [1.29, 1.82) is 0 Å². The second-order valence-electron chi connectivity index (χ2n) is 7.30. The van der Waals surface area contributed by atoms with Crippen LogP contribution in [0.2, 0.25) is 0 Å². The van der Waals surface area contributed by atoms with E-state index in [9.17, 15) is 4.79 Å². The third kappa shape index (κ3) is 3.98. The summed E-state index contributed by atoms with van der Waals surface area (Å²) < 4.78 is 17.1. The predicted molar refractivity (Wildman–Crippen MR) is 119 cm³/mol. The van der Waals surface area contributed by atoms with Gasteiger partial charge in [-0.15, -0.1) is 0 Å². The lowest BCUT2D eigenvalue weighted by molar-refractivity contribution is -0.116. The zero-order chi connectivity index (χ0) is 22.8. The van der Waals surface area contributed by atoms with Crippen LogP contribution in [0.3, 0.4) is 0 Å². The van der Waals surface area contributed by atoms with Gasteiger partial charge in [0.15, 0.2) is 11.5 Å². The number of ether oxygens (including phenoxy) is 3. The number of aryl methyl sites for hydroxylation is 1. The van der Waals surface area contributed by atoms with Gasteiger partial charge < -0.3 is 19.5 Å². The van der Waals surface area contributed by atoms with Crippen molar-refractivity contribution in [3.63, 3.8) is 0 Å². The van der Waals surface area contributed by atoms with Crippen molar-refractivity contribution in [1.82, 2.24) is 24.9 Å². The van der Waals surface area contributed by atoms with Crippen molar-refractivity contribution in [2.24, 2.45) is 0 Å². The van der Waals surface area contributed by atoms with E-state index < -0.39 is 5.92 Å². The topological polar surface area (TPSA) is 121 Å². The molecule has 0 spiro atoms. The molecule has 0 bridgehead atoms. The highest BCUT2D eigenvalue weighted by atomic mass is 16.5. The second kappa shape index (κ2) is 8.65. The molecular weight excluding hydrogens is 424 g/mol. The Hall–Kier alpha value is -4.34. The number of carbonyl (C=O) groups excluding carboxylic acids is 1. The fourth-order valence-electron chi connectivity index (χ4n) is 3.72. The molecule has 1 aromatic carbocycles. The molecule has 3 aromatic heterocycles. The number of benzene rings is 1. The van der Waals surface area contributed by atoms with Gasteiger partial charge in [-0.3, -0.25) is 9.78 Å². The van der Waals surface area contributed by atoms with Gasteiger partial charge in [0.05, 0.1) is 18.3 Å². The third-order valence-electron chi connectivity index (χ3n) is 5.24. The van der Waals surface area contributed by atoms with Gasteiger partial charge >= 0.3 is 0 Å². The molecule has 1 unspecified atom stereocenters. The maximum Gasteiger partial charge on any atom is 0.239 e. The van der Waals surface area contributed by atoms with Crippen molar-refractivity contribution < 1.29 is 19.0 Å². The van der Waals surface area contributed by atoms with Crippen molar-refractivity contribution >= 4 is 22.6 Å². The van der Waals surface area contributed by atoms with E-state index in [0.717, 1.165) is 0 Å². The monoisotopic (exact) mass is 444 g/mol. The van der Waals surface area contributed by atoms with Crippen LogP contribution in [0.4, 0.5) is 5.82 Å². The van der Waals surface area contributed by atoms with Crippen LogP contribution >= 0.6 is 0 Å². The van der Waals surface area contributed by atoms with Crippen LogP contribution in [-0.2, 0) is 4.79 Å². The van der Waals surface area contributed by atoms with Crippen LogP contribution in [-0.4, -0.2) is 51.2 Å². The van der Waals surface area contributed by atoms with E-state index in [1.165, 1.54) is 6.33 Å². The van der Waals surface area contributed by atoms with Gasteiger partial charge in [-0.05, 0) is 25.1 Å². The number of pyridine rings is 1. The lowest BCUT2D eigenvalue weighted by atomic mass is 9.96. The first-order valence-corrected chi connectivity index (χ1v) is 10.3. The van der Waals surface area contributed by atoms with Crippen LogP contribution in [0, 0.1) is 6.92 Å². The molecular formula is C23H20N6O4. The van der Waals surface area contributed by atoms with E-state index in [2.05, 4.69) is 30.2 Å². The number of nitrogens with zero attached hydrogens (tertiary/aromatic N) is 5. The van der Waals surface area contributed by atoms with Crippen molar-refractivity contribution in [3.8, 4) is 17.2 Å². The summed E-state index contributed by atoms with van der Waals surface area (Å²) >= 11 is 0.